The zero-order valence-corrected chi connectivity index (χ0v) is 7.28. The van der Waals surface area contributed by atoms with E-state index in [0.717, 1.165) is 11.0 Å². The molecule has 0 radical (unpaired) electrons. The van der Waals surface area contributed by atoms with E-state index in [-0.39, 0.29) is 6.42 Å². The fraction of sp³-hybridized carbons (Fsp3) is 0.100. The van der Waals surface area contributed by atoms with Crippen LogP contribution in [0.4, 0.5) is 0 Å². The molecule has 2 rings (SSSR count). The van der Waals surface area contributed by atoms with Crippen molar-refractivity contribution in [3.05, 3.63) is 29.6 Å². The summed E-state index contributed by atoms with van der Waals surface area (Å²) in [5.74, 6) is 0.637. The molecule has 1 N–H and O–H groups in total. The van der Waals surface area contributed by atoms with E-state index in [9.17, 15) is 0 Å². The molecule has 0 unspecified atom stereocenters. The van der Waals surface area contributed by atoms with Crippen molar-refractivity contribution >= 4 is 11.0 Å². The second-order valence-electron chi connectivity index (χ2n) is 2.86. The summed E-state index contributed by atoms with van der Waals surface area (Å²) in [7, 11) is 0. The number of benzene rings is 1. The van der Waals surface area contributed by atoms with Gasteiger partial charge in [-0.2, -0.15) is 10.5 Å². The van der Waals surface area contributed by atoms with Crippen LogP contribution in [-0.2, 0) is 6.42 Å². The molecule has 4 heteroatoms. The SMILES string of the molecule is N#CCc1nc2ccc(C#N)cc2[nH]1. The fourth-order valence-corrected chi connectivity index (χ4v) is 1.29. The molecule has 0 amide bonds. The average Bonchev–Trinajstić information content (AvgIpc) is 2.59. The first-order chi connectivity index (χ1) is 6.83. The molecule has 0 aliphatic rings. The number of nitrogens with zero attached hydrogens (tertiary/aromatic N) is 3. The minimum Gasteiger partial charge on any atom is -0.341 e. The third-order valence-electron chi connectivity index (χ3n) is 1.91. The molecule has 0 saturated heterocycles. The van der Waals surface area contributed by atoms with Crippen LogP contribution in [0.5, 0.6) is 0 Å². The maximum absolute atomic E-state index is 8.67. The number of nitrogens with one attached hydrogen (secondary N) is 1. The first-order valence-corrected chi connectivity index (χ1v) is 4.09. The van der Waals surface area contributed by atoms with Crippen LogP contribution in [0.2, 0.25) is 0 Å². The van der Waals surface area contributed by atoms with Crippen LogP contribution in [0, 0.1) is 22.7 Å². The number of hydrogen-bond donors (Lipinski definition) is 1. The summed E-state index contributed by atoms with van der Waals surface area (Å²) in [6.07, 6.45) is 0.260. The second kappa shape index (κ2) is 3.20. The van der Waals surface area contributed by atoms with E-state index in [2.05, 4.69) is 9.97 Å². The fourth-order valence-electron chi connectivity index (χ4n) is 1.29. The van der Waals surface area contributed by atoms with E-state index in [1.165, 1.54) is 0 Å². The van der Waals surface area contributed by atoms with Crippen LogP contribution in [0.1, 0.15) is 11.4 Å². The summed E-state index contributed by atoms with van der Waals surface area (Å²) in [6.45, 7) is 0. The van der Waals surface area contributed by atoms with Gasteiger partial charge in [-0.3, -0.25) is 0 Å². The molecule has 1 aromatic heterocycles. The van der Waals surface area contributed by atoms with Crippen LogP contribution in [0.25, 0.3) is 11.0 Å². The Kier molecular flexibility index (Phi) is 1.89. The molecule has 0 fully saturated rings. The number of aromatic nitrogens is 2. The van der Waals surface area contributed by atoms with E-state index < -0.39 is 0 Å². The molecule has 1 heterocycles. The number of hydrogen-bond acceptors (Lipinski definition) is 3. The van der Waals surface area contributed by atoms with Gasteiger partial charge in [0.05, 0.1) is 35.2 Å². The van der Waals surface area contributed by atoms with Crippen molar-refractivity contribution in [2.45, 2.75) is 6.42 Å². The Bertz CT molecular complexity index is 553. The van der Waals surface area contributed by atoms with Gasteiger partial charge in [0.25, 0.3) is 0 Å². The maximum atomic E-state index is 8.67. The molecule has 1 aromatic carbocycles. The molecule has 0 bridgehead atoms. The van der Waals surface area contributed by atoms with Gasteiger partial charge in [0.15, 0.2) is 0 Å². The normalized spacial score (nSPS) is 9.57. The lowest BCUT2D eigenvalue weighted by molar-refractivity contribution is 1.08. The van der Waals surface area contributed by atoms with Crippen molar-refractivity contribution in [3.63, 3.8) is 0 Å². The van der Waals surface area contributed by atoms with Crippen LogP contribution in [0.15, 0.2) is 18.2 Å². The smallest absolute Gasteiger partial charge is 0.121 e. The quantitative estimate of drug-likeness (QED) is 0.726. The number of aromatic amines is 1. The van der Waals surface area contributed by atoms with Crippen molar-refractivity contribution in [1.29, 1.82) is 10.5 Å². The van der Waals surface area contributed by atoms with Crippen molar-refractivity contribution in [3.8, 4) is 12.1 Å². The number of rotatable bonds is 1. The van der Waals surface area contributed by atoms with Gasteiger partial charge in [0, 0.05) is 0 Å². The van der Waals surface area contributed by atoms with Crippen LogP contribution in [0.3, 0.4) is 0 Å². The number of fused-ring (bicyclic) bond motifs is 1. The largest absolute Gasteiger partial charge is 0.341 e. The predicted octanol–water partition coefficient (Wildman–Crippen LogP) is 1.50. The Morgan fingerprint density at radius 3 is 2.93 bits per heavy atom. The lowest BCUT2D eigenvalue weighted by atomic mass is 10.2. The minimum atomic E-state index is 0.260. The third kappa shape index (κ3) is 1.30. The summed E-state index contributed by atoms with van der Waals surface area (Å²) in [5, 5.41) is 17.2. The maximum Gasteiger partial charge on any atom is 0.121 e. The molecule has 0 atom stereocenters. The Morgan fingerprint density at radius 2 is 2.21 bits per heavy atom. The molecule has 66 valence electrons. The van der Waals surface area contributed by atoms with Gasteiger partial charge in [-0.1, -0.05) is 0 Å². The number of H-pyrrole nitrogens is 1. The number of imidazole rings is 1. The van der Waals surface area contributed by atoms with Crippen molar-refractivity contribution in [2.24, 2.45) is 0 Å². The summed E-state index contributed by atoms with van der Waals surface area (Å²) in [6, 6.07) is 9.26. The summed E-state index contributed by atoms with van der Waals surface area (Å²) in [4.78, 5) is 7.18. The van der Waals surface area contributed by atoms with Crippen molar-refractivity contribution in [2.75, 3.05) is 0 Å². The van der Waals surface area contributed by atoms with Crippen molar-refractivity contribution in [1.82, 2.24) is 9.97 Å². The zero-order valence-electron chi connectivity index (χ0n) is 7.28. The highest BCUT2D eigenvalue weighted by atomic mass is 14.9. The van der Waals surface area contributed by atoms with Crippen LogP contribution >= 0.6 is 0 Å². The Hall–Kier alpha value is -2.33. The van der Waals surface area contributed by atoms with Gasteiger partial charge in [0.2, 0.25) is 0 Å². The molecule has 2 aromatic rings. The molecule has 4 nitrogen and oxygen atoms in total. The van der Waals surface area contributed by atoms with Gasteiger partial charge < -0.3 is 4.98 Å². The van der Waals surface area contributed by atoms with Gasteiger partial charge in [0.1, 0.15) is 5.82 Å². The van der Waals surface area contributed by atoms with Gasteiger partial charge >= 0.3 is 0 Å². The van der Waals surface area contributed by atoms with Crippen molar-refractivity contribution < 1.29 is 0 Å². The molecular formula is C10H6N4. The predicted molar refractivity (Wildman–Crippen MR) is 50.1 cm³/mol. The highest BCUT2D eigenvalue weighted by Gasteiger charge is 2.02. The first-order valence-electron chi connectivity index (χ1n) is 4.09. The van der Waals surface area contributed by atoms with Gasteiger partial charge in [-0.25, -0.2) is 4.98 Å². The van der Waals surface area contributed by atoms with E-state index in [4.69, 9.17) is 10.5 Å². The Labute approximate surface area is 80.4 Å². The first kappa shape index (κ1) is 8.28. The zero-order chi connectivity index (χ0) is 9.97. The topological polar surface area (TPSA) is 76.3 Å². The number of nitriles is 2. The van der Waals surface area contributed by atoms with Crippen LogP contribution in [-0.4, -0.2) is 9.97 Å². The summed E-state index contributed by atoms with van der Waals surface area (Å²) in [5.41, 5.74) is 2.17. The second-order valence-corrected chi connectivity index (χ2v) is 2.86. The average molecular weight is 182 g/mol. The van der Waals surface area contributed by atoms with E-state index in [1.807, 2.05) is 12.1 Å². The van der Waals surface area contributed by atoms with E-state index in [1.54, 1.807) is 18.2 Å². The molecule has 0 aliphatic carbocycles. The molecular weight excluding hydrogens is 176 g/mol. The van der Waals surface area contributed by atoms with Crippen LogP contribution < -0.4 is 0 Å². The molecule has 0 spiro atoms. The lowest BCUT2D eigenvalue weighted by Gasteiger charge is -1.87. The monoisotopic (exact) mass is 182 g/mol. The Morgan fingerprint density at radius 1 is 1.36 bits per heavy atom. The standard InChI is InChI=1S/C10H6N4/c11-4-3-10-13-8-2-1-7(6-12)5-9(8)14-10/h1-2,5H,3H2,(H,13,14). The summed E-state index contributed by atoms with van der Waals surface area (Å²) < 4.78 is 0. The summed E-state index contributed by atoms with van der Waals surface area (Å²) >= 11 is 0. The van der Waals surface area contributed by atoms with Gasteiger partial charge in [-0.15, -0.1) is 0 Å². The van der Waals surface area contributed by atoms with Gasteiger partial charge in [-0.05, 0) is 18.2 Å². The highest BCUT2D eigenvalue weighted by Crippen LogP contribution is 2.13. The molecule has 0 aliphatic heterocycles. The van der Waals surface area contributed by atoms with E-state index in [0.29, 0.717) is 11.4 Å². The third-order valence-corrected chi connectivity index (χ3v) is 1.91. The molecule has 0 saturated carbocycles. The molecule has 14 heavy (non-hydrogen) atoms. The lowest BCUT2D eigenvalue weighted by Crippen LogP contribution is -1.82. The van der Waals surface area contributed by atoms with E-state index >= 15 is 0 Å². The minimum absolute atomic E-state index is 0.260. The highest BCUT2D eigenvalue weighted by molar-refractivity contribution is 5.76. The Balaban J connectivity index is 2.57.